The highest BCUT2D eigenvalue weighted by atomic mass is 16.7. The Morgan fingerprint density at radius 1 is 0.420 bits per heavy atom. The van der Waals surface area contributed by atoms with Crippen molar-refractivity contribution in [2.75, 3.05) is 26.4 Å². The molecule has 1 N–H and O–H groups in total. The summed E-state index contributed by atoms with van der Waals surface area (Å²) in [5.41, 5.74) is 0.971. The minimum Gasteiger partial charge on any atom is -0.462 e. The summed E-state index contributed by atoms with van der Waals surface area (Å²) in [7, 11) is 0. The highest BCUT2D eigenvalue weighted by Crippen LogP contribution is 2.41. The zero-order chi connectivity index (χ0) is 72.1. The largest absolute Gasteiger partial charge is 0.510 e. The molecule has 1 saturated heterocycles. The van der Waals surface area contributed by atoms with Crippen molar-refractivity contribution < 1.29 is 66.7 Å². The fourth-order valence-corrected chi connectivity index (χ4v) is 14.2. The molecule has 1 amide bonds. The lowest BCUT2D eigenvalue weighted by molar-refractivity contribution is -0.169. The predicted molar refractivity (Wildman–Crippen MR) is 402 cm³/mol. The fourth-order valence-electron chi connectivity index (χ4n) is 14.2. The lowest BCUT2D eigenvalue weighted by atomic mass is 9.85. The molecule has 0 radical (unpaired) electrons. The average Bonchev–Trinajstić information content (AvgIpc) is 1.63. The van der Waals surface area contributed by atoms with Crippen molar-refractivity contribution in [3.05, 3.63) is 35.9 Å². The van der Waals surface area contributed by atoms with Crippen LogP contribution >= 0.6 is 0 Å². The van der Waals surface area contributed by atoms with Crippen LogP contribution in [0.5, 0.6) is 0 Å². The SMILES string of the molecule is CCCCCCCCCCCCCC(=O)OCC(COC(=O)CCCCCCCCCCCCC)OC(=O)O[C@H]1C[C@H]2CCCC[C@@H]2N1C(=O)[C@H](C)N[C@@H](CCc1ccccc1)C(=O)OC(COC(=O)CCCCCCCCCCCCC)COC(=O)CCCCCCCCCCCCC. The summed E-state index contributed by atoms with van der Waals surface area (Å²) in [5, 5.41) is 3.31. The molecule has 1 heterocycles. The third kappa shape index (κ3) is 46.1. The summed E-state index contributed by atoms with van der Waals surface area (Å²) in [5.74, 6) is -2.70. The van der Waals surface area contributed by atoms with Crippen LogP contribution in [-0.4, -0.2) is 110 Å². The number of nitrogens with zero attached hydrogens (tertiary/aromatic N) is 1. The summed E-state index contributed by atoms with van der Waals surface area (Å²) in [6, 6.07) is 7.45. The van der Waals surface area contributed by atoms with Crippen LogP contribution in [-0.2, 0) is 68.3 Å². The van der Waals surface area contributed by atoms with E-state index in [2.05, 4.69) is 33.0 Å². The van der Waals surface area contributed by atoms with Gasteiger partial charge in [0, 0.05) is 38.1 Å². The van der Waals surface area contributed by atoms with E-state index in [0.29, 0.717) is 44.9 Å². The molecule has 3 rings (SSSR count). The van der Waals surface area contributed by atoms with E-state index in [9.17, 15) is 28.8 Å². The minimum atomic E-state index is -1.15. The van der Waals surface area contributed by atoms with Gasteiger partial charge < -0.3 is 38.1 Å². The van der Waals surface area contributed by atoms with Crippen LogP contribution in [0.15, 0.2) is 30.3 Å². The van der Waals surface area contributed by atoms with Gasteiger partial charge in [-0.1, -0.05) is 328 Å². The number of carbonyl (C=O) groups excluding carboxylic acids is 7. The van der Waals surface area contributed by atoms with Crippen LogP contribution in [0.3, 0.4) is 0 Å². The van der Waals surface area contributed by atoms with Crippen LogP contribution < -0.4 is 5.32 Å². The van der Waals surface area contributed by atoms with Gasteiger partial charge in [0.1, 0.15) is 32.5 Å². The number of benzene rings is 1. The molecule has 16 nitrogen and oxygen atoms in total. The number of hydrogen-bond acceptors (Lipinski definition) is 15. The zero-order valence-electron chi connectivity index (χ0n) is 64.3. The van der Waals surface area contributed by atoms with Crippen LogP contribution in [0, 0.1) is 5.92 Å². The van der Waals surface area contributed by atoms with Gasteiger partial charge in [-0.3, -0.25) is 34.1 Å². The van der Waals surface area contributed by atoms with Gasteiger partial charge in [0.05, 0.1) is 6.04 Å². The number of fused-ring (bicyclic) bond motifs is 1. The topological polar surface area (TPSA) is 199 Å². The molecule has 1 saturated carbocycles. The molecule has 0 spiro atoms. The van der Waals surface area contributed by atoms with E-state index >= 15 is 4.79 Å². The van der Waals surface area contributed by atoms with Gasteiger partial charge in [-0.2, -0.15) is 0 Å². The second-order valence-electron chi connectivity index (χ2n) is 29.6. The van der Waals surface area contributed by atoms with Crippen LogP contribution in [0.25, 0.3) is 0 Å². The Balaban J connectivity index is 1.72. The molecule has 1 aliphatic carbocycles. The van der Waals surface area contributed by atoms with E-state index in [4.69, 9.17) is 33.2 Å². The fraction of sp³-hybridized carbons (Fsp3) is 0.845. The molecule has 16 heteroatoms. The first kappa shape index (κ1) is 89.5. The minimum absolute atomic E-state index is 0.0429. The third-order valence-corrected chi connectivity index (χ3v) is 20.4. The highest BCUT2D eigenvalue weighted by molar-refractivity contribution is 5.84. The number of aryl methyl sites for hydroxylation is 1. The van der Waals surface area contributed by atoms with Crippen molar-refractivity contribution in [2.24, 2.45) is 5.92 Å². The van der Waals surface area contributed by atoms with Gasteiger partial charge in [0.2, 0.25) is 5.91 Å². The highest BCUT2D eigenvalue weighted by Gasteiger charge is 2.48. The Morgan fingerprint density at radius 2 is 0.740 bits per heavy atom. The van der Waals surface area contributed by atoms with Crippen LogP contribution in [0.2, 0.25) is 0 Å². The molecule has 576 valence electrons. The first-order valence-corrected chi connectivity index (χ1v) is 41.7. The van der Waals surface area contributed by atoms with E-state index < -0.39 is 66.5 Å². The van der Waals surface area contributed by atoms with Gasteiger partial charge in [-0.05, 0) is 69.8 Å². The van der Waals surface area contributed by atoms with E-state index in [0.717, 1.165) is 102 Å². The molecule has 1 aromatic rings. The van der Waals surface area contributed by atoms with Gasteiger partial charge in [-0.25, -0.2) is 4.79 Å². The smallest absolute Gasteiger partial charge is 0.462 e. The van der Waals surface area contributed by atoms with Crippen LogP contribution in [0.4, 0.5) is 4.79 Å². The molecule has 1 aliphatic heterocycles. The van der Waals surface area contributed by atoms with E-state index in [1.165, 1.54) is 180 Å². The Bertz CT molecular complexity index is 2130. The molecule has 2 fully saturated rings. The molecule has 100 heavy (non-hydrogen) atoms. The van der Waals surface area contributed by atoms with Crippen molar-refractivity contribution in [3.63, 3.8) is 0 Å². The Hall–Kier alpha value is -4.73. The molecule has 5 atom stereocenters. The summed E-state index contributed by atoms with van der Waals surface area (Å²) in [6.45, 7) is 9.36. The summed E-state index contributed by atoms with van der Waals surface area (Å²) in [4.78, 5) is 98.2. The number of rotatable bonds is 66. The Kier molecular flexibility index (Phi) is 55.2. The number of hydrogen-bond donors (Lipinski definition) is 1. The van der Waals surface area contributed by atoms with Gasteiger partial charge in [0.15, 0.2) is 18.4 Å². The molecule has 1 aromatic carbocycles. The van der Waals surface area contributed by atoms with Crippen molar-refractivity contribution in [3.8, 4) is 0 Å². The first-order valence-electron chi connectivity index (χ1n) is 41.7. The number of amides is 1. The summed E-state index contributed by atoms with van der Waals surface area (Å²) in [6.07, 6.45) is 51.5. The summed E-state index contributed by atoms with van der Waals surface area (Å²) < 4.78 is 41.0. The number of ether oxygens (including phenoxy) is 7. The number of carbonyl (C=O) groups is 7. The molecule has 2 aliphatic rings. The molecule has 0 aromatic heterocycles. The molecular weight excluding hydrogens is 1260 g/mol. The van der Waals surface area contributed by atoms with E-state index in [1.807, 2.05) is 30.3 Å². The van der Waals surface area contributed by atoms with E-state index in [1.54, 1.807) is 11.8 Å². The monoisotopic (exact) mass is 1410 g/mol. The maximum absolute atomic E-state index is 15.1. The normalized spacial score (nSPS) is 15.7. The number of unbranched alkanes of at least 4 members (excludes halogenated alkanes) is 40. The van der Waals surface area contributed by atoms with E-state index in [-0.39, 0.29) is 76.4 Å². The number of nitrogens with one attached hydrogen (secondary N) is 1. The molecular formula is C84H146N2O14. The van der Waals surface area contributed by atoms with Crippen molar-refractivity contribution in [1.82, 2.24) is 10.2 Å². The van der Waals surface area contributed by atoms with Crippen LogP contribution in [0.1, 0.15) is 387 Å². The van der Waals surface area contributed by atoms with Gasteiger partial charge in [0.25, 0.3) is 0 Å². The number of esters is 5. The maximum atomic E-state index is 15.1. The van der Waals surface area contributed by atoms with Crippen molar-refractivity contribution >= 4 is 41.9 Å². The predicted octanol–water partition coefficient (Wildman–Crippen LogP) is 21.5. The third-order valence-electron chi connectivity index (χ3n) is 20.4. The number of likely N-dealkylation sites (tertiary alicyclic amines) is 1. The molecule has 0 bridgehead atoms. The zero-order valence-corrected chi connectivity index (χ0v) is 64.3. The lowest BCUT2D eigenvalue weighted by Gasteiger charge is -2.35. The Labute approximate surface area is 608 Å². The summed E-state index contributed by atoms with van der Waals surface area (Å²) >= 11 is 0. The quantitative estimate of drug-likeness (QED) is 0.0367. The maximum Gasteiger partial charge on any atom is 0.510 e. The van der Waals surface area contributed by atoms with Crippen molar-refractivity contribution in [2.45, 2.75) is 424 Å². The second kappa shape index (κ2) is 61.7. The second-order valence-corrected chi connectivity index (χ2v) is 29.6. The Morgan fingerprint density at radius 3 is 1.09 bits per heavy atom. The van der Waals surface area contributed by atoms with Gasteiger partial charge >= 0.3 is 36.0 Å². The first-order chi connectivity index (χ1) is 48.9. The van der Waals surface area contributed by atoms with Gasteiger partial charge in [-0.15, -0.1) is 0 Å². The average molecular weight is 1410 g/mol. The lowest BCUT2D eigenvalue weighted by Crippen LogP contribution is -2.55. The standard InChI is InChI=1S/C84H146N2O14/c1-6-10-14-18-22-26-30-34-38-42-49-59-78(87)94-66-73(67-95-79(88)60-50-43-39-35-31-27-23-19-15-11-7-2)98-83(92)75(64-63-71-55-47-46-48-56-71)85-70(5)82(91)86-76-58-54-53-57-72(76)65-77(86)100-84(93)99-74(68-96-80(89)61-51-44-40-36-32-28-24-20-16-12-8-3)69-97-81(90)62-52-45-41-37-33-29-25-21-17-13-9-4/h46-48,55-56,70,72-77,85H,6-45,49-54,57-69H2,1-5H3/t70-,72+,75-,76-,77-/m0/s1. The van der Waals surface area contributed by atoms with Crippen molar-refractivity contribution in [1.29, 1.82) is 0 Å². The molecule has 0 unspecified atom stereocenters.